The Labute approximate surface area is 92.1 Å². The van der Waals surface area contributed by atoms with Crippen LogP contribution in [0.15, 0.2) is 0 Å². The minimum absolute atomic E-state index is 0.438. The maximum Gasteiger partial charge on any atom is 0.208 e. The molecule has 0 unspecified atom stereocenters. The highest BCUT2D eigenvalue weighted by Crippen LogP contribution is 1.95. The minimum Gasteiger partial charge on any atom is -0.305 e. The Morgan fingerprint density at radius 1 is 1.33 bits per heavy atom. The van der Waals surface area contributed by atoms with Crippen LogP contribution >= 0.6 is 0 Å². The highest BCUT2D eigenvalue weighted by molar-refractivity contribution is 7.88. The Balaban J connectivity index is 3.42. The Morgan fingerprint density at radius 3 is 2.53 bits per heavy atom. The van der Waals surface area contributed by atoms with Crippen molar-refractivity contribution < 1.29 is 8.42 Å². The highest BCUT2D eigenvalue weighted by atomic mass is 32.2. The van der Waals surface area contributed by atoms with Gasteiger partial charge in [0.2, 0.25) is 10.0 Å². The summed E-state index contributed by atoms with van der Waals surface area (Å²) in [5.41, 5.74) is 0. The van der Waals surface area contributed by atoms with Crippen molar-refractivity contribution in [2.75, 3.05) is 32.9 Å². The molecule has 1 N–H and O–H groups in total. The molecular formula is C9H19N3O2S. The molecule has 0 aromatic carbocycles. The van der Waals surface area contributed by atoms with Gasteiger partial charge in [0.05, 0.1) is 12.3 Å². The molecule has 0 saturated carbocycles. The quantitative estimate of drug-likeness (QED) is 0.606. The zero-order valence-corrected chi connectivity index (χ0v) is 10.2. The number of nitriles is 1. The molecule has 0 spiro atoms. The van der Waals surface area contributed by atoms with Crippen LogP contribution in [0.2, 0.25) is 0 Å². The summed E-state index contributed by atoms with van der Waals surface area (Å²) in [6, 6.07) is 2.09. The Bertz CT molecular complexity index is 295. The summed E-state index contributed by atoms with van der Waals surface area (Å²) in [7, 11) is -1.13. The van der Waals surface area contributed by atoms with E-state index in [2.05, 4.69) is 15.7 Å². The summed E-state index contributed by atoms with van der Waals surface area (Å²) in [4.78, 5) is 2.05. The van der Waals surface area contributed by atoms with Gasteiger partial charge in [-0.2, -0.15) is 5.26 Å². The Morgan fingerprint density at radius 2 is 2.00 bits per heavy atom. The molecule has 0 aromatic rings. The molecule has 5 nitrogen and oxygen atoms in total. The van der Waals surface area contributed by atoms with Gasteiger partial charge < -0.3 is 4.90 Å². The molecule has 0 radical (unpaired) electrons. The third kappa shape index (κ3) is 11.3. The van der Waals surface area contributed by atoms with E-state index in [1.54, 1.807) is 0 Å². The van der Waals surface area contributed by atoms with E-state index in [9.17, 15) is 8.42 Å². The van der Waals surface area contributed by atoms with E-state index in [0.717, 1.165) is 25.6 Å². The largest absolute Gasteiger partial charge is 0.305 e. The van der Waals surface area contributed by atoms with Crippen LogP contribution in [0.5, 0.6) is 0 Å². The van der Waals surface area contributed by atoms with Crippen LogP contribution < -0.4 is 4.72 Å². The van der Waals surface area contributed by atoms with Crippen LogP contribution in [0, 0.1) is 11.3 Å². The molecule has 0 atom stereocenters. The van der Waals surface area contributed by atoms with Crippen molar-refractivity contribution in [3.05, 3.63) is 0 Å². The van der Waals surface area contributed by atoms with Gasteiger partial charge in [-0.1, -0.05) is 0 Å². The SMILES string of the molecule is CN(CCCCC#N)CCNS(C)(=O)=O. The molecule has 0 amide bonds. The van der Waals surface area contributed by atoms with E-state index in [-0.39, 0.29) is 0 Å². The zero-order chi connectivity index (χ0) is 11.7. The molecule has 0 aliphatic carbocycles. The molecular weight excluding hydrogens is 214 g/mol. The number of rotatable bonds is 8. The van der Waals surface area contributed by atoms with Gasteiger partial charge in [-0.15, -0.1) is 0 Å². The fourth-order valence-electron chi connectivity index (χ4n) is 1.12. The lowest BCUT2D eigenvalue weighted by atomic mass is 10.2. The van der Waals surface area contributed by atoms with E-state index in [1.165, 1.54) is 0 Å². The lowest BCUT2D eigenvalue weighted by Crippen LogP contribution is -2.32. The van der Waals surface area contributed by atoms with Crippen molar-refractivity contribution in [3.63, 3.8) is 0 Å². The molecule has 0 rings (SSSR count). The van der Waals surface area contributed by atoms with Crippen LogP contribution in [0.1, 0.15) is 19.3 Å². The van der Waals surface area contributed by atoms with Gasteiger partial charge in [-0.05, 0) is 26.4 Å². The number of nitrogens with zero attached hydrogens (tertiary/aromatic N) is 2. The standard InChI is InChI=1S/C9H19N3O2S/c1-12(8-5-3-4-6-10)9-7-11-15(2,13)14/h11H,3-5,7-9H2,1-2H3. The van der Waals surface area contributed by atoms with Gasteiger partial charge in [0, 0.05) is 19.5 Å². The molecule has 6 heteroatoms. The van der Waals surface area contributed by atoms with Gasteiger partial charge >= 0.3 is 0 Å². The maximum absolute atomic E-state index is 10.7. The highest BCUT2D eigenvalue weighted by Gasteiger charge is 2.01. The van der Waals surface area contributed by atoms with Crippen LogP contribution in [-0.2, 0) is 10.0 Å². The predicted octanol–water partition coefficient (Wildman–Crippen LogP) is 0.161. The van der Waals surface area contributed by atoms with Crippen molar-refractivity contribution >= 4 is 10.0 Å². The number of likely N-dealkylation sites (N-methyl/N-ethyl adjacent to an activating group) is 1. The van der Waals surface area contributed by atoms with E-state index >= 15 is 0 Å². The number of hydrogen-bond acceptors (Lipinski definition) is 4. The molecule has 88 valence electrons. The second-order valence-electron chi connectivity index (χ2n) is 3.58. The molecule has 0 aromatic heterocycles. The van der Waals surface area contributed by atoms with E-state index < -0.39 is 10.0 Å². The molecule has 15 heavy (non-hydrogen) atoms. The molecule has 0 fully saturated rings. The number of unbranched alkanes of at least 4 members (excludes halogenated alkanes) is 2. The van der Waals surface area contributed by atoms with E-state index in [0.29, 0.717) is 19.5 Å². The summed E-state index contributed by atoms with van der Waals surface area (Å²) in [6.07, 6.45) is 3.62. The fourth-order valence-corrected chi connectivity index (χ4v) is 1.58. The van der Waals surface area contributed by atoms with E-state index in [4.69, 9.17) is 5.26 Å². The minimum atomic E-state index is -3.07. The van der Waals surface area contributed by atoms with Crippen LogP contribution in [0.3, 0.4) is 0 Å². The summed E-state index contributed by atoms with van der Waals surface area (Å²) in [5.74, 6) is 0. The third-order valence-electron chi connectivity index (χ3n) is 1.94. The van der Waals surface area contributed by atoms with Crippen LogP contribution in [-0.4, -0.2) is 46.3 Å². The summed E-state index contributed by atoms with van der Waals surface area (Å²) in [6.45, 7) is 2.03. The smallest absolute Gasteiger partial charge is 0.208 e. The van der Waals surface area contributed by atoms with Crippen molar-refractivity contribution in [1.29, 1.82) is 5.26 Å². The second-order valence-corrected chi connectivity index (χ2v) is 5.42. The number of sulfonamides is 1. The average Bonchev–Trinajstić information content (AvgIpc) is 2.10. The average molecular weight is 233 g/mol. The molecule has 0 aliphatic heterocycles. The van der Waals surface area contributed by atoms with Gasteiger partial charge in [0.15, 0.2) is 0 Å². The number of nitrogens with one attached hydrogen (secondary N) is 1. The molecule has 0 aliphatic rings. The Kier molecular flexibility index (Phi) is 7.30. The van der Waals surface area contributed by atoms with Gasteiger partial charge in [0.1, 0.15) is 0 Å². The summed E-state index contributed by atoms with van der Waals surface area (Å²) >= 11 is 0. The second kappa shape index (κ2) is 7.63. The third-order valence-corrected chi connectivity index (χ3v) is 2.66. The molecule has 0 heterocycles. The van der Waals surface area contributed by atoms with Crippen molar-refractivity contribution in [2.45, 2.75) is 19.3 Å². The lowest BCUT2D eigenvalue weighted by molar-refractivity contribution is 0.331. The normalized spacial score (nSPS) is 11.6. The van der Waals surface area contributed by atoms with Crippen molar-refractivity contribution in [2.24, 2.45) is 0 Å². The first kappa shape index (κ1) is 14.4. The lowest BCUT2D eigenvalue weighted by Gasteiger charge is -2.15. The van der Waals surface area contributed by atoms with Gasteiger partial charge in [-0.3, -0.25) is 0 Å². The van der Waals surface area contributed by atoms with Crippen molar-refractivity contribution in [3.8, 4) is 6.07 Å². The molecule has 0 saturated heterocycles. The van der Waals surface area contributed by atoms with Crippen molar-refractivity contribution in [1.82, 2.24) is 9.62 Å². The summed E-state index contributed by atoms with van der Waals surface area (Å²) < 4.78 is 23.9. The first-order valence-electron chi connectivity index (χ1n) is 4.96. The Hall–Kier alpha value is -0.640. The van der Waals surface area contributed by atoms with Crippen LogP contribution in [0.25, 0.3) is 0 Å². The first-order valence-corrected chi connectivity index (χ1v) is 6.85. The monoisotopic (exact) mass is 233 g/mol. The van der Waals surface area contributed by atoms with Gasteiger partial charge in [-0.25, -0.2) is 13.1 Å². The molecule has 0 bridgehead atoms. The fraction of sp³-hybridized carbons (Fsp3) is 0.889. The van der Waals surface area contributed by atoms with Crippen LogP contribution in [0.4, 0.5) is 0 Å². The number of hydrogen-bond donors (Lipinski definition) is 1. The first-order chi connectivity index (χ1) is 6.95. The summed E-state index contributed by atoms with van der Waals surface area (Å²) in [5, 5.41) is 8.32. The topological polar surface area (TPSA) is 73.2 Å². The maximum atomic E-state index is 10.7. The zero-order valence-electron chi connectivity index (χ0n) is 9.36. The predicted molar refractivity (Wildman–Crippen MR) is 59.8 cm³/mol. The van der Waals surface area contributed by atoms with E-state index in [1.807, 2.05) is 7.05 Å². The van der Waals surface area contributed by atoms with Gasteiger partial charge in [0.25, 0.3) is 0 Å².